The normalized spacial score (nSPS) is 10.5. The third-order valence-corrected chi connectivity index (χ3v) is 2.49. The fourth-order valence-electron chi connectivity index (χ4n) is 1.46. The molecule has 0 aromatic heterocycles. The van der Waals surface area contributed by atoms with E-state index in [1.807, 2.05) is 0 Å². The summed E-state index contributed by atoms with van der Waals surface area (Å²) < 4.78 is 20.7. The highest BCUT2D eigenvalue weighted by Crippen LogP contribution is 2.25. The first-order valence-corrected chi connectivity index (χ1v) is 6.46. The monoisotopic (exact) mass is 300 g/mol. The Labute approximate surface area is 122 Å². The molecule has 0 bridgehead atoms. The number of nitro groups is 1. The lowest BCUT2D eigenvalue weighted by Gasteiger charge is -2.09. The summed E-state index contributed by atoms with van der Waals surface area (Å²) in [5.74, 6) is 0.403. The molecule has 1 rings (SSSR count). The number of ether oxygens (including phenoxy) is 4. The number of hydrogen-bond acceptors (Lipinski definition) is 7. The van der Waals surface area contributed by atoms with Crippen LogP contribution in [-0.4, -0.2) is 51.7 Å². The van der Waals surface area contributed by atoms with Gasteiger partial charge in [-0.15, -0.1) is 0 Å². The Kier molecular flexibility index (Phi) is 8.10. The first-order chi connectivity index (χ1) is 10.1. The number of nitrogens with zero attached hydrogens (tertiary/aromatic N) is 1. The Balaban J connectivity index is 2.14. The largest absolute Gasteiger partial charge is 0.489 e. The zero-order chi connectivity index (χ0) is 15.5. The first kappa shape index (κ1) is 17.2. The molecular formula is C13H20N2O6. The molecule has 0 fully saturated rings. The second-order valence-corrected chi connectivity index (χ2v) is 4.05. The van der Waals surface area contributed by atoms with Crippen LogP contribution < -0.4 is 10.5 Å². The van der Waals surface area contributed by atoms with E-state index in [1.54, 1.807) is 7.11 Å². The van der Waals surface area contributed by atoms with Crippen LogP contribution in [0.5, 0.6) is 5.75 Å². The maximum atomic E-state index is 10.6. The van der Waals surface area contributed by atoms with Crippen molar-refractivity contribution in [3.8, 4) is 5.75 Å². The number of hydrogen-bond donors (Lipinski definition) is 1. The summed E-state index contributed by atoms with van der Waals surface area (Å²) in [7, 11) is 1.61. The first-order valence-electron chi connectivity index (χ1n) is 6.46. The van der Waals surface area contributed by atoms with Crippen molar-refractivity contribution in [2.75, 3.05) is 52.5 Å². The van der Waals surface area contributed by atoms with Crippen molar-refractivity contribution >= 4 is 11.4 Å². The van der Waals surface area contributed by atoms with Gasteiger partial charge in [0.1, 0.15) is 12.4 Å². The molecule has 118 valence electrons. The van der Waals surface area contributed by atoms with Crippen molar-refractivity contribution in [1.82, 2.24) is 0 Å². The van der Waals surface area contributed by atoms with E-state index in [-0.39, 0.29) is 11.4 Å². The van der Waals surface area contributed by atoms with Crippen LogP contribution in [0.2, 0.25) is 0 Å². The molecule has 0 heterocycles. The van der Waals surface area contributed by atoms with Crippen LogP contribution in [0.15, 0.2) is 18.2 Å². The van der Waals surface area contributed by atoms with Crippen molar-refractivity contribution < 1.29 is 23.9 Å². The number of non-ortho nitro benzene ring substituents is 1. The molecule has 0 amide bonds. The molecule has 0 saturated heterocycles. The van der Waals surface area contributed by atoms with Gasteiger partial charge in [-0.1, -0.05) is 0 Å². The summed E-state index contributed by atoms with van der Waals surface area (Å²) in [6.07, 6.45) is 0. The summed E-state index contributed by atoms with van der Waals surface area (Å²) in [6, 6.07) is 4.08. The smallest absolute Gasteiger partial charge is 0.271 e. The minimum atomic E-state index is -0.507. The van der Waals surface area contributed by atoms with Crippen LogP contribution >= 0.6 is 0 Å². The van der Waals surface area contributed by atoms with Gasteiger partial charge in [0, 0.05) is 19.2 Å². The van der Waals surface area contributed by atoms with Crippen LogP contribution in [-0.2, 0) is 14.2 Å². The summed E-state index contributed by atoms with van der Waals surface area (Å²) in [5.41, 5.74) is 5.83. The van der Waals surface area contributed by atoms with Crippen LogP contribution in [0.3, 0.4) is 0 Å². The molecule has 0 saturated carbocycles. The number of methoxy groups -OCH3 is 1. The molecule has 0 radical (unpaired) electrons. The summed E-state index contributed by atoms with van der Waals surface area (Å²) in [4.78, 5) is 10.1. The van der Waals surface area contributed by atoms with E-state index in [2.05, 4.69) is 0 Å². The number of benzene rings is 1. The average Bonchev–Trinajstić information content (AvgIpc) is 2.46. The molecule has 1 aromatic rings. The fourth-order valence-corrected chi connectivity index (χ4v) is 1.46. The Hall–Kier alpha value is -1.90. The molecule has 8 heteroatoms. The lowest BCUT2D eigenvalue weighted by molar-refractivity contribution is -0.384. The third-order valence-electron chi connectivity index (χ3n) is 2.49. The molecule has 0 aliphatic heterocycles. The van der Waals surface area contributed by atoms with E-state index in [4.69, 9.17) is 24.7 Å². The lowest BCUT2D eigenvalue weighted by atomic mass is 10.2. The average molecular weight is 300 g/mol. The fraction of sp³-hybridized carbons (Fsp3) is 0.538. The highest BCUT2D eigenvalue weighted by molar-refractivity contribution is 5.58. The van der Waals surface area contributed by atoms with Gasteiger partial charge in [0.25, 0.3) is 5.69 Å². The molecular weight excluding hydrogens is 280 g/mol. The minimum Gasteiger partial charge on any atom is -0.489 e. The van der Waals surface area contributed by atoms with Crippen molar-refractivity contribution in [3.63, 3.8) is 0 Å². The maximum Gasteiger partial charge on any atom is 0.271 e. The van der Waals surface area contributed by atoms with E-state index in [1.165, 1.54) is 18.2 Å². The number of anilines is 1. The Morgan fingerprint density at radius 2 is 1.71 bits per heavy atom. The standard InChI is InChI=1S/C13H20N2O6/c1-18-4-5-19-6-7-20-8-9-21-13-3-2-11(15(16)17)10-12(13)14/h2-3,10H,4-9,14H2,1H3. The van der Waals surface area contributed by atoms with E-state index < -0.39 is 4.92 Å². The van der Waals surface area contributed by atoms with Crippen LogP contribution in [0.25, 0.3) is 0 Å². The highest BCUT2D eigenvalue weighted by atomic mass is 16.6. The Bertz CT molecular complexity index is 441. The van der Waals surface area contributed by atoms with Crippen molar-refractivity contribution in [3.05, 3.63) is 28.3 Å². The van der Waals surface area contributed by atoms with Gasteiger partial charge < -0.3 is 24.7 Å². The Morgan fingerprint density at radius 1 is 1.10 bits per heavy atom. The number of nitrogens with two attached hydrogens (primary N) is 1. The predicted octanol–water partition coefficient (Wildman–Crippen LogP) is 1.24. The molecule has 21 heavy (non-hydrogen) atoms. The van der Waals surface area contributed by atoms with E-state index >= 15 is 0 Å². The zero-order valence-electron chi connectivity index (χ0n) is 11.9. The SMILES string of the molecule is COCCOCCOCCOc1ccc([N+](=O)[O-])cc1N. The predicted molar refractivity (Wildman–Crippen MR) is 76.5 cm³/mol. The molecule has 0 spiro atoms. The summed E-state index contributed by atoms with van der Waals surface area (Å²) in [5, 5.41) is 10.6. The van der Waals surface area contributed by atoms with Gasteiger partial charge in [-0.25, -0.2) is 0 Å². The third kappa shape index (κ3) is 6.89. The van der Waals surface area contributed by atoms with Gasteiger partial charge in [-0.3, -0.25) is 10.1 Å². The molecule has 2 N–H and O–H groups in total. The van der Waals surface area contributed by atoms with Crippen LogP contribution in [0, 0.1) is 10.1 Å². The van der Waals surface area contributed by atoms with Gasteiger partial charge in [-0.2, -0.15) is 0 Å². The van der Waals surface area contributed by atoms with E-state index in [9.17, 15) is 10.1 Å². The number of nitro benzene ring substituents is 1. The molecule has 8 nitrogen and oxygen atoms in total. The highest BCUT2D eigenvalue weighted by Gasteiger charge is 2.09. The second-order valence-electron chi connectivity index (χ2n) is 4.05. The van der Waals surface area contributed by atoms with Crippen LogP contribution in [0.1, 0.15) is 0 Å². The molecule has 0 aliphatic carbocycles. The van der Waals surface area contributed by atoms with Crippen molar-refractivity contribution in [2.24, 2.45) is 0 Å². The van der Waals surface area contributed by atoms with Crippen molar-refractivity contribution in [2.45, 2.75) is 0 Å². The maximum absolute atomic E-state index is 10.6. The van der Waals surface area contributed by atoms with Gasteiger partial charge in [0.05, 0.1) is 43.6 Å². The van der Waals surface area contributed by atoms with Gasteiger partial charge in [-0.05, 0) is 6.07 Å². The molecule has 1 aromatic carbocycles. The summed E-state index contributed by atoms with van der Waals surface area (Å²) >= 11 is 0. The molecule has 0 atom stereocenters. The zero-order valence-corrected chi connectivity index (χ0v) is 11.9. The summed E-state index contributed by atoms with van der Waals surface area (Å²) in [6.45, 7) is 2.73. The molecule has 0 aliphatic rings. The Morgan fingerprint density at radius 3 is 2.29 bits per heavy atom. The quantitative estimate of drug-likeness (QED) is 0.283. The minimum absolute atomic E-state index is 0.0655. The number of nitrogen functional groups attached to an aromatic ring is 1. The van der Waals surface area contributed by atoms with Gasteiger partial charge >= 0.3 is 0 Å². The van der Waals surface area contributed by atoms with Gasteiger partial charge in [0.15, 0.2) is 0 Å². The van der Waals surface area contributed by atoms with E-state index in [0.29, 0.717) is 45.4 Å². The van der Waals surface area contributed by atoms with Crippen LogP contribution in [0.4, 0.5) is 11.4 Å². The second kappa shape index (κ2) is 9.92. The van der Waals surface area contributed by atoms with Crippen molar-refractivity contribution in [1.29, 1.82) is 0 Å². The van der Waals surface area contributed by atoms with E-state index in [0.717, 1.165) is 0 Å². The topological polar surface area (TPSA) is 106 Å². The lowest BCUT2D eigenvalue weighted by Crippen LogP contribution is -2.12. The number of rotatable bonds is 11. The molecule has 0 unspecified atom stereocenters. The van der Waals surface area contributed by atoms with Gasteiger partial charge in [0.2, 0.25) is 0 Å².